The highest BCUT2D eigenvalue weighted by Crippen LogP contribution is 2.25. The number of nitrogens with one attached hydrogen (secondary N) is 1. The molecule has 0 heterocycles. The zero-order valence-electron chi connectivity index (χ0n) is 10.6. The molecule has 2 N–H and O–H groups in total. The fourth-order valence-corrected chi connectivity index (χ4v) is 2.79. The van der Waals surface area contributed by atoms with E-state index in [1.54, 1.807) is 50.7 Å². The summed E-state index contributed by atoms with van der Waals surface area (Å²) in [7, 11) is 0.203. The first-order valence-corrected chi connectivity index (χ1v) is 6.54. The maximum absolute atomic E-state index is 12.3. The van der Waals surface area contributed by atoms with Crippen LogP contribution in [0.5, 0.6) is 5.75 Å². The standard InChI is InChI=1S/C12H17NO4S/c1-12(2,8-11(14)13-15)18(16)10-6-4-9(17-3)5-7-10/h4-7,15H,8H2,1-3H3,(H,13,14). The van der Waals surface area contributed by atoms with Crippen molar-refractivity contribution < 1.29 is 18.9 Å². The summed E-state index contributed by atoms with van der Waals surface area (Å²) in [5.41, 5.74) is 1.55. The lowest BCUT2D eigenvalue weighted by atomic mass is 10.1. The maximum Gasteiger partial charge on any atom is 0.244 e. The van der Waals surface area contributed by atoms with Crippen LogP contribution >= 0.6 is 0 Å². The summed E-state index contributed by atoms with van der Waals surface area (Å²) in [6, 6.07) is 6.84. The number of ether oxygens (including phenoxy) is 1. The summed E-state index contributed by atoms with van der Waals surface area (Å²) in [4.78, 5) is 11.8. The van der Waals surface area contributed by atoms with E-state index in [1.807, 2.05) is 0 Å². The molecule has 0 fully saturated rings. The lowest BCUT2D eigenvalue weighted by Crippen LogP contribution is -2.34. The van der Waals surface area contributed by atoms with Gasteiger partial charge in [0.25, 0.3) is 0 Å². The number of amides is 1. The Morgan fingerprint density at radius 1 is 1.39 bits per heavy atom. The van der Waals surface area contributed by atoms with E-state index in [2.05, 4.69) is 0 Å². The van der Waals surface area contributed by atoms with Crippen LogP contribution in [0.1, 0.15) is 20.3 Å². The molecule has 1 unspecified atom stereocenters. The Kier molecular flexibility index (Phi) is 4.86. The molecule has 18 heavy (non-hydrogen) atoms. The Morgan fingerprint density at radius 2 is 1.94 bits per heavy atom. The molecule has 1 rings (SSSR count). The van der Waals surface area contributed by atoms with Crippen molar-refractivity contribution in [3.63, 3.8) is 0 Å². The summed E-state index contributed by atoms with van der Waals surface area (Å²) >= 11 is 0. The average molecular weight is 271 g/mol. The van der Waals surface area contributed by atoms with Crippen molar-refractivity contribution in [1.29, 1.82) is 0 Å². The molecule has 0 bridgehead atoms. The van der Waals surface area contributed by atoms with Gasteiger partial charge in [-0.25, -0.2) is 5.48 Å². The lowest BCUT2D eigenvalue weighted by Gasteiger charge is -2.22. The highest BCUT2D eigenvalue weighted by atomic mass is 32.2. The van der Waals surface area contributed by atoms with E-state index in [9.17, 15) is 9.00 Å². The van der Waals surface area contributed by atoms with E-state index in [1.165, 1.54) is 0 Å². The largest absolute Gasteiger partial charge is 0.497 e. The molecule has 1 atom stereocenters. The second-order valence-corrected chi connectivity index (χ2v) is 6.53. The zero-order valence-corrected chi connectivity index (χ0v) is 11.4. The second kappa shape index (κ2) is 5.97. The summed E-state index contributed by atoms with van der Waals surface area (Å²) in [6.07, 6.45) is -0.0257. The van der Waals surface area contributed by atoms with Crippen LogP contribution in [0.2, 0.25) is 0 Å². The first-order valence-electron chi connectivity index (χ1n) is 5.39. The average Bonchev–Trinajstić information content (AvgIpc) is 2.37. The SMILES string of the molecule is COc1ccc(S(=O)C(C)(C)CC(=O)NO)cc1. The zero-order chi connectivity index (χ0) is 13.8. The quantitative estimate of drug-likeness (QED) is 0.628. The third-order valence-corrected chi connectivity index (χ3v) is 4.33. The monoisotopic (exact) mass is 271 g/mol. The molecular weight excluding hydrogens is 254 g/mol. The van der Waals surface area contributed by atoms with Gasteiger partial charge < -0.3 is 4.74 Å². The number of carbonyl (C=O) groups excluding carboxylic acids is 1. The molecule has 0 saturated heterocycles. The van der Waals surface area contributed by atoms with Crippen molar-refractivity contribution in [2.75, 3.05) is 7.11 Å². The Hall–Kier alpha value is -1.40. The van der Waals surface area contributed by atoms with Crippen LogP contribution in [-0.4, -0.2) is 27.2 Å². The first-order chi connectivity index (χ1) is 8.40. The Balaban J connectivity index is 2.87. The molecule has 6 heteroatoms. The van der Waals surface area contributed by atoms with Gasteiger partial charge in [0.15, 0.2) is 0 Å². The molecular formula is C12H17NO4S. The van der Waals surface area contributed by atoms with Crippen molar-refractivity contribution in [1.82, 2.24) is 5.48 Å². The molecule has 1 aromatic rings. The molecule has 0 aromatic heterocycles. The van der Waals surface area contributed by atoms with Crippen LogP contribution < -0.4 is 10.2 Å². The van der Waals surface area contributed by atoms with Crippen LogP contribution in [0.25, 0.3) is 0 Å². The predicted molar refractivity (Wildman–Crippen MR) is 68.0 cm³/mol. The number of benzene rings is 1. The fourth-order valence-electron chi connectivity index (χ4n) is 1.51. The molecule has 1 aromatic carbocycles. The number of methoxy groups -OCH3 is 1. The molecule has 0 aliphatic carbocycles. The second-order valence-electron chi connectivity index (χ2n) is 4.42. The van der Waals surface area contributed by atoms with Gasteiger partial charge in [-0.15, -0.1) is 0 Å². The number of hydrogen-bond donors (Lipinski definition) is 2. The third kappa shape index (κ3) is 3.54. The third-order valence-electron chi connectivity index (χ3n) is 2.49. The smallest absolute Gasteiger partial charge is 0.244 e. The Morgan fingerprint density at radius 3 is 2.39 bits per heavy atom. The van der Waals surface area contributed by atoms with Crippen LogP contribution in [-0.2, 0) is 15.6 Å². The van der Waals surface area contributed by atoms with Gasteiger partial charge in [-0.3, -0.25) is 14.2 Å². The lowest BCUT2D eigenvalue weighted by molar-refractivity contribution is -0.129. The maximum atomic E-state index is 12.3. The molecule has 5 nitrogen and oxygen atoms in total. The summed E-state index contributed by atoms with van der Waals surface area (Å²) in [5.74, 6) is 0.128. The number of hydroxylamine groups is 1. The molecule has 1 amide bonds. The van der Waals surface area contributed by atoms with E-state index in [-0.39, 0.29) is 6.42 Å². The minimum absolute atomic E-state index is 0.0257. The first kappa shape index (κ1) is 14.7. The molecule has 0 saturated carbocycles. The highest BCUT2D eigenvalue weighted by Gasteiger charge is 2.30. The van der Waals surface area contributed by atoms with E-state index in [0.29, 0.717) is 10.6 Å². The molecule has 0 aliphatic rings. The normalized spacial score (nSPS) is 12.9. The fraction of sp³-hybridized carbons (Fsp3) is 0.417. The summed E-state index contributed by atoms with van der Waals surface area (Å²) in [5, 5.41) is 8.50. The van der Waals surface area contributed by atoms with Crippen molar-refractivity contribution >= 4 is 16.7 Å². The summed E-state index contributed by atoms with van der Waals surface area (Å²) < 4.78 is 16.6. The van der Waals surface area contributed by atoms with E-state index in [0.717, 1.165) is 0 Å². The van der Waals surface area contributed by atoms with Gasteiger partial charge in [-0.2, -0.15) is 0 Å². The van der Waals surface area contributed by atoms with Gasteiger partial charge in [0.1, 0.15) is 5.75 Å². The van der Waals surface area contributed by atoms with Crippen molar-refractivity contribution in [3.8, 4) is 5.75 Å². The van der Waals surface area contributed by atoms with Crippen LogP contribution in [0.3, 0.4) is 0 Å². The van der Waals surface area contributed by atoms with Gasteiger partial charge in [0, 0.05) is 11.3 Å². The Labute approximate surface area is 109 Å². The van der Waals surface area contributed by atoms with Crippen LogP contribution in [0, 0.1) is 0 Å². The molecule has 0 spiro atoms. The summed E-state index contributed by atoms with van der Waals surface area (Å²) in [6.45, 7) is 3.42. The van der Waals surface area contributed by atoms with Gasteiger partial charge >= 0.3 is 0 Å². The topological polar surface area (TPSA) is 75.6 Å². The van der Waals surface area contributed by atoms with Gasteiger partial charge in [-0.1, -0.05) is 0 Å². The van der Waals surface area contributed by atoms with Crippen molar-refractivity contribution in [2.45, 2.75) is 29.9 Å². The van der Waals surface area contributed by atoms with E-state index < -0.39 is 21.5 Å². The van der Waals surface area contributed by atoms with Crippen molar-refractivity contribution in [3.05, 3.63) is 24.3 Å². The minimum Gasteiger partial charge on any atom is -0.497 e. The molecule has 0 radical (unpaired) electrons. The van der Waals surface area contributed by atoms with Crippen LogP contribution in [0.4, 0.5) is 0 Å². The van der Waals surface area contributed by atoms with E-state index >= 15 is 0 Å². The predicted octanol–water partition coefficient (Wildman–Crippen LogP) is 1.48. The van der Waals surface area contributed by atoms with Crippen LogP contribution in [0.15, 0.2) is 29.2 Å². The van der Waals surface area contributed by atoms with Gasteiger partial charge in [-0.05, 0) is 38.1 Å². The Bertz CT molecular complexity index is 442. The van der Waals surface area contributed by atoms with E-state index in [4.69, 9.17) is 9.94 Å². The molecule has 100 valence electrons. The minimum atomic E-state index is -1.35. The number of rotatable bonds is 5. The number of hydrogen-bond acceptors (Lipinski definition) is 4. The van der Waals surface area contributed by atoms with Crippen molar-refractivity contribution in [2.24, 2.45) is 0 Å². The van der Waals surface area contributed by atoms with Gasteiger partial charge in [0.2, 0.25) is 5.91 Å². The molecule has 0 aliphatic heterocycles. The number of carbonyl (C=O) groups is 1. The van der Waals surface area contributed by atoms with Gasteiger partial charge in [0.05, 0.1) is 22.7 Å². The highest BCUT2D eigenvalue weighted by molar-refractivity contribution is 7.86.